The summed E-state index contributed by atoms with van der Waals surface area (Å²) >= 11 is 0. The highest BCUT2D eigenvalue weighted by atomic mass is 16.5. The lowest BCUT2D eigenvalue weighted by Crippen LogP contribution is -2.36. The van der Waals surface area contributed by atoms with Crippen LogP contribution < -0.4 is 10.1 Å². The number of rotatable bonds is 7. The van der Waals surface area contributed by atoms with Crippen molar-refractivity contribution >= 4 is 23.4 Å². The molecule has 1 atom stereocenters. The zero-order valence-corrected chi connectivity index (χ0v) is 17.7. The van der Waals surface area contributed by atoms with E-state index in [4.69, 9.17) is 9.47 Å². The van der Waals surface area contributed by atoms with E-state index in [0.29, 0.717) is 47.3 Å². The molecule has 7 nitrogen and oxygen atoms in total. The van der Waals surface area contributed by atoms with E-state index in [1.54, 1.807) is 42.5 Å². The number of ether oxygens (including phenoxy) is 2. The molecule has 2 aliphatic rings. The van der Waals surface area contributed by atoms with Gasteiger partial charge in [0.15, 0.2) is 0 Å². The Hall–Kier alpha value is -3.19. The highest BCUT2D eigenvalue weighted by Gasteiger charge is 2.37. The molecule has 2 aliphatic heterocycles. The van der Waals surface area contributed by atoms with Gasteiger partial charge < -0.3 is 14.8 Å². The summed E-state index contributed by atoms with van der Waals surface area (Å²) in [5.41, 5.74) is 1.43. The van der Waals surface area contributed by atoms with Gasteiger partial charge in [0.25, 0.3) is 11.8 Å². The van der Waals surface area contributed by atoms with Crippen molar-refractivity contribution in [2.24, 2.45) is 5.92 Å². The number of carbonyl (C=O) groups excluding carboxylic acids is 3. The first-order valence-corrected chi connectivity index (χ1v) is 10.6. The van der Waals surface area contributed by atoms with Gasteiger partial charge in [-0.05, 0) is 61.2 Å². The average Bonchev–Trinajstić information content (AvgIpc) is 3.32. The first-order valence-electron chi connectivity index (χ1n) is 10.6. The maximum absolute atomic E-state index is 12.8. The molecule has 0 aliphatic carbocycles. The average molecular weight is 422 g/mol. The monoisotopic (exact) mass is 422 g/mol. The Morgan fingerprint density at radius 2 is 1.81 bits per heavy atom. The Labute approximate surface area is 181 Å². The van der Waals surface area contributed by atoms with Crippen molar-refractivity contribution in [3.63, 3.8) is 0 Å². The van der Waals surface area contributed by atoms with E-state index in [1.807, 2.05) is 13.8 Å². The first-order chi connectivity index (χ1) is 14.9. The third kappa shape index (κ3) is 4.77. The molecule has 0 saturated carbocycles. The summed E-state index contributed by atoms with van der Waals surface area (Å²) < 4.78 is 11.4. The summed E-state index contributed by atoms with van der Waals surface area (Å²) in [4.78, 5) is 38.6. The zero-order chi connectivity index (χ0) is 22.0. The van der Waals surface area contributed by atoms with Crippen molar-refractivity contribution in [2.45, 2.75) is 39.2 Å². The van der Waals surface area contributed by atoms with Crippen LogP contribution in [0.3, 0.4) is 0 Å². The topological polar surface area (TPSA) is 84.9 Å². The van der Waals surface area contributed by atoms with E-state index in [1.165, 1.54) is 4.90 Å². The number of fused-ring (bicyclic) bond motifs is 1. The Kier molecular flexibility index (Phi) is 6.04. The second kappa shape index (κ2) is 8.89. The molecule has 0 radical (unpaired) electrons. The number of hydrogen-bond donors (Lipinski definition) is 1. The van der Waals surface area contributed by atoms with Gasteiger partial charge in [0.1, 0.15) is 11.5 Å². The molecule has 0 aromatic heterocycles. The van der Waals surface area contributed by atoms with Crippen LogP contribution in [0.1, 0.15) is 53.8 Å². The van der Waals surface area contributed by atoms with E-state index in [-0.39, 0.29) is 30.4 Å². The number of nitrogens with one attached hydrogen (secondary N) is 1. The van der Waals surface area contributed by atoms with Crippen molar-refractivity contribution in [3.05, 3.63) is 53.6 Å². The van der Waals surface area contributed by atoms with Crippen LogP contribution in [-0.2, 0) is 9.53 Å². The highest BCUT2D eigenvalue weighted by molar-refractivity contribution is 6.21. The van der Waals surface area contributed by atoms with Crippen LogP contribution in [0.4, 0.5) is 5.69 Å². The molecule has 0 spiro atoms. The van der Waals surface area contributed by atoms with E-state index >= 15 is 0 Å². The van der Waals surface area contributed by atoms with Gasteiger partial charge in [0, 0.05) is 18.7 Å². The normalized spacial score (nSPS) is 17.9. The number of amides is 3. The minimum atomic E-state index is -0.316. The van der Waals surface area contributed by atoms with Crippen molar-refractivity contribution in [2.75, 3.05) is 18.5 Å². The summed E-state index contributed by atoms with van der Waals surface area (Å²) in [5.74, 6) is 0.689. The van der Waals surface area contributed by atoms with Gasteiger partial charge in [-0.15, -0.1) is 0 Å². The number of hydrogen-bond acceptors (Lipinski definition) is 5. The second-order valence-corrected chi connectivity index (χ2v) is 8.34. The Morgan fingerprint density at radius 3 is 2.48 bits per heavy atom. The molecule has 0 bridgehead atoms. The molecule has 1 fully saturated rings. The molecule has 2 aromatic carbocycles. The van der Waals surface area contributed by atoms with Crippen LogP contribution in [-0.4, -0.2) is 41.9 Å². The minimum absolute atomic E-state index is 0.0296. The number of anilines is 1. The Balaban J connectivity index is 1.42. The van der Waals surface area contributed by atoms with Crippen LogP contribution in [0.25, 0.3) is 0 Å². The van der Waals surface area contributed by atoms with Crippen LogP contribution in [0, 0.1) is 5.92 Å². The van der Waals surface area contributed by atoms with Gasteiger partial charge in [-0.25, -0.2) is 0 Å². The number of nitrogens with zero attached hydrogens (tertiary/aromatic N) is 1. The van der Waals surface area contributed by atoms with Crippen LogP contribution >= 0.6 is 0 Å². The third-order valence-corrected chi connectivity index (χ3v) is 5.32. The molecule has 4 rings (SSSR count). The van der Waals surface area contributed by atoms with Gasteiger partial charge in [-0.2, -0.15) is 0 Å². The van der Waals surface area contributed by atoms with Crippen molar-refractivity contribution in [1.82, 2.24) is 4.90 Å². The van der Waals surface area contributed by atoms with Crippen molar-refractivity contribution < 1.29 is 23.9 Å². The van der Waals surface area contributed by atoms with E-state index in [9.17, 15) is 14.4 Å². The summed E-state index contributed by atoms with van der Waals surface area (Å²) in [7, 11) is 0. The fraction of sp³-hybridized carbons (Fsp3) is 0.375. The number of imide groups is 1. The van der Waals surface area contributed by atoms with E-state index in [2.05, 4.69) is 5.32 Å². The zero-order valence-electron chi connectivity index (χ0n) is 17.7. The summed E-state index contributed by atoms with van der Waals surface area (Å²) in [5, 5.41) is 2.85. The molecule has 3 amide bonds. The van der Waals surface area contributed by atoms with E-state index < -0.39 is 0 Å². The molecule has 7 heteroatoms. The number of benzene rings is 2. The summed E-state index contributed by atoms with van der Waals surface area (Å²) in [6.07, 6.45) is 2.18. The van der Waals surface area contributed by atoms with Gasteiger partial charge in [0.05, 0.1) is 23.8 Å². The fourth-order valence-electron chi connectivity index (χ4n) is 3.82. The molecule has 1 saturated heterocycles. The number of carbonyl (C=O) groups is 3. The minimum Gasteiger partial charge on any atom is -0.457 e. The van der Waals surface area contributed by atoms with Gasteiger partial charge in [-0.3, -0.25) is 19.3 Å². The van der Waals surface area contributed by atoms with Crippen LogP contribution in [0.15, 0.2) is 42.5 Å². The molecule has 1 N–H and O–H groups in total. The summed E-state index contributed by atoms with van der Waals surface area (Å²) in [6, 6.07) is 11.9. The fourth-order valence-corrected chi connectivity index (χ4v) is 3.82. The van der Waals surface area contributed by atoms with Gasteiger partial charge in [-0.1, -0.05) is 13.8 Å². The SMILES string of the molecule is CC(C)CC(=O)Nc1ccc(Oc2ccc3c(c2)C(=O)N(CC2CCCO2)C3=O)cc1. The molecule has 162 valence electrons. The smallest absolute Gasteiger partial charge is 0.261 e. The van der Waals surface area contributed by atoms with Gasteiger partial charge >= 0.3 is 0 Å². The predicted molar refractivity (Wildman–Crippen MR) is 115 cm³/mol. The highest BCUT2D eigenvalue weighted by Crippen LogP contribution is 2.30. The van der Waals surface area contributed by atoms with Crippen molar-refractivity contribution in [3.8, 4) is 11.5 Å². The van der Waals surface area contributed by atoms with E-state index in [0.717, 1.165) is 12.8 Å². The first kappa shape index (κ1) is 21.1. The van der Waals surface area contributed by atoms with Gasteiger partial charge in [0.2, 0.25) is 5.91 Å². The molecule has 2 aromatic rings. The lowest BCUT2D eigenvalue weighted by atomic mass is 10.1. The van der Waals surface area contributed by atoms with Crippen molar-refractivity contribution in [1.29, 1.82) is 0 Å². The molecule has 1 unspecified atom stereocenters. The van der Waals surface area contributed by atoms with Crippen LogP contribution in [0.2, 0.25) is 0 Å². The molecule has 31 heavy (non-hydrogen) atoms. The maximum Gasteiger partial charge on any atom is 0.261 e. The quantitative estimate of drug-likeness (QED) is 0.675. The lowest BCUT2D eigenvalue weighted by molar-refractivity contribution is -0.116. The Morgan fingerprint density at radius 1 is 1.10 bits per heavy atom. The van der Waals surface area contributed by atoms with Crippen LogP contribution in [0.5, 0.6) is 11.5 Å². The maximum atomic E-state index is 12.8. The summed E-state index contributed by atoms with van der Waals surface area (Å²) in [6.45, 7) is 4.94. The predicted octanol–water partition coefficient (Wildman–Crippen LogP) is 4.24. The molecule has 2 heterocycles. The Bertz CT molecular complexity index is 994. The largest absolute Gasteiger partial charge is 0.457 e. The molecular weight excluding hydrogens is 396 g/mol. The third-order valence-electron chi connectivity index (χ3n) is 5.32. The standard InChI is InChI=1S/C24H26N2O5/c1-15(2)12-22(27)25-16-5-7-17(8-6-16)31-18-9-10-20-21(13-18)24(29)26(23(20)28)14-19-4-3-11-30-19/h5-10,13,15,19H,3-4,11-12,14H2,1-2H3,(H,25,27). The lowest BCUT2D eigenvalue weighted by Gasteiger charge is -2.17. The molecular formula is C24H26N2O5. The second-order valence-electron chi connectivity index (χ2n) is 8.34.